The minimum atomic E-state index is 1.05. The molecule has 10 heavy (non-hydrogen) atoms. The Kier molecular flexibility index (Phi) is 14.5. The van der Waals surface area contributed by atoms with Crippen molar-refractivity contribution in [2.75, 3.05) is 0 Å². The van der Waals surface area contributed by atoms with Crippen molar-refractivity contribution in [1.82, 2.24) is 0 Å². The lowest BCUT2D eigenvalue weighted by Gasteiger charge is -1.79. The van der Waals surface area contributed by atoms with E-state index in [2.05, 4.69) is 25.6 Å². The van der Waals surface area contributed by atoms with Gasteiger partial charge in [0.25, 0.3) is 0 Å². The highest BCUT2D eigenvalue weighted by Crippen LogP contribution is 1.96. The second kappa shape index (κ2) is 11.6. The van der Waals surface area contributed by atoms with Crippen molar-refractivity contribution in [3.05, 3.63) is 23.1 Å². The summed E-state index contributed by atoms with van der Waals surface area (Å²) in [6, 6.07) is 0. The number of rotatable bonds is 2. The van der Waals surface area contributed by atoms with E-state index in [1.165, 1.54) is 0 Å². The molecule has 0 saturated heterocycles. The molecule has 0 unspecified atom stereocenters. The lowest BCUT2D eigenvalue weighted by atomic mass is 10.4. The van der Waals surface area contributed by atoms with Crippen LogP contribution in [0.15, 0.2) is 23.1 Å². The summed E-state index contributed by atoms with van der Waals surface area (Å²) in [6.45, 7) is 8.07. The van der Waals surface area contributed by atoms with E-state index in [1.807, 2.05) is 32.9 Å². The van der Waals surface area contributed by atoms with Crippen LogP contribution in [0.3, 0.4) is 0 Å². The molecule has 0 atom stereocenters. The van der Waals surface area contributed by atoms with E-state index < -0.39 is 0 Å². The molecular weight excluding hydrogens is 140 g/mol. The van der Waals surface area contributed by atoms with Crippen molar-refractivity contribution < 1.29 is 0 Å². The Morgan fingerprint density at radius 1 is 1.40 bits per heavy atom. The Bertz CT molecular complexity index is 97.3. The van der Waals surface area contributed by atoms with Crippen molar-refractivity contribution in [3.63, 3.8) is 0 Å². The molecule has 0 aliphatic rings. The normalized spacial score (nSPS) is 11.1. The standard InChI is InChI=1S/C7H12S.C2H6/c1-3-4-5-6-7(2)8;1-2/h4-6,8H,3H2,1-2H3;1-2H3/b5-4-,7-6+;. The van der Waals surface area contributed by atoms with Gasteiger partial charge in [0.2, 0.25) is 0 Å². The van der Waals surface area contributed by atoms with Crippen LogP contribution in [0.5, 0.6) is 0 Å². The highest BCUT2D eigenvalue weighted by atomic mass is 32.1. The molecule has 0 aliphatic heterocycles. The predicted octanol–water partition coefficient (Wildman–Crippen LogP) is 3.81. The molecule has 0 spiro atoms. The lowest BCUT2D eigenvalue weighted by molar-refractivity contribution is 1.22. The Balaban J connectivity index is 0. The molecule has 0 aromatic heterocycles. The molecule has 0 nitrogen and oxygen atoms in total. The first-order valence-corrected chi connectivity index (χ1v) is 4.24. The summed E-state index contributed by atoms with van der Waals surface area (Å²) in [5.74, 6) is 0. The van der Waals surface area contributed by atoms with E-state index in [4.69, 9.17) is 0 Å². The molecule has 0 rings (SSSR count). The maximum absolute atomic E-state index is 4.08. The molecule has 0 aromatic carbocycles. The zero-order chi connectivity index (χ0) is 8.41. The Morgan fingerprint density at radius 3 is 2.20 bits per heavy atom. The van der Waals surface area contributed by atoms with Gasteiger partial charge in [0.05, 0.1) is 0 Å². The zero-order valence-corrected chi connectivity index (χ0v) is 8.28. The Hall–Kier alpha value is -0.170. The van der Waals surface area contributed by atoms with Crippen LogP contribution < -0.4 is 0 Å². The van der Waals surface area contributed by atoms with Gasteiger partial charge in [-0.15, -0.1) is 12.6 Å². The van der Waals surface area contributed by atoms with Crippen LogP contribution in [-0.4, -0.2) is 0 Å². The van der Waals surface area contributed by atoms with Crippen molar-refractivity contribution in [3.8, 4) is 0 Å². The van der Waals surface area contributed by atoms with Crippen LogP contribution in [0, 0.1) is 0 Å². The number of hydrogen-bond acceptors (Lipinski definition) is 1. The molecule has 0 heterocycles. The van der Waals surface area contributed by atoms with E-state index in [0.29, 0.717) is 0 Å². The molecular formula is C9H18S. The summed E-state index contributed by atoms with van der Waals surface area (Å²) in [5.41, 5.74) is 0. The molecule has 1 heteroatoms. The van der Waals surface area contributed by atoms with Crippen molar-refractivity contribution in [2.24, 2.45) is 0 Å². The van der Waals surface area contributed by atoms with Crippen LogP contribution in [0.2, 0.25) is 0 Å². The van der Waals surface area contributed by atoms with Crippen LogP contribution in [0.1, 0.15) is 34.1 Å². The lowest BCUT2D eigenvalue weighted by Crippen LogP contribution is -1.54. The van der Waals surface area contributed by atoms with Gasteiger partial charge in [-0.2, -0.15) is 0 Å². The molecule has 0 radical (unpaired) electrons. The van der Waals surface area contributed by atoms with E-state index in [9.17, 15) is 0 Å². The van der Waals surface area contributed by atoms with E-state index in [-0.39, 0.29) is 0 Å². The maximum atomic E-state index is 4.08. The molecule has 0 aliphatic carbocycles. The largest absolute Gasteiger partial charge is 0.148 e. The topological polar surface area (TPSA) is 0 Å². The fourth-order valence-corrected chi connectivity index (χ4v) is 0.429. The van der Waals surface area contributed by atoms with E-state index >= 15 is 0 Å². The van der Waals surface area contributed by atoms with Gasteiger partial charge in [0.15, 0.2) is 0 Å². The average Bonchev–Trinajstić information content (AvgIpc) is 1.92. The van der Waals surface area contributed by atoms with Crippen LogP contribution in [-0.2, 0) is 0 Å². The SMILES string of the molecule is CC.CC/C=C\C=C(/C)S. The fraction of sp³-hybridized carbons (Fsp3) is 0.556. The average molecular weight is 158 g/mol. The van der Waals surface area contributed by atoms with Gasteiger partial charge in [0.1, 0.15) is 0 Å². The third kappa shape index (κ3) is 15.7. The van der Waals surface area contributed by atoms with Gasteiger partial charge in [-0.05, 0) is 18.2 Å². The first-order valence-electron chi connectivity index (χ1n) is 3.79. The van der Waals surface area contributed by atoms with E-state index in [0.717, 1.165) is 11.3 Å². The first kappa shape index (κ1) is 12.5. The summed E-state index contributed by atoms with van der Waals surface area (Å²) >= 11 is 4.08. The Morgan fingerprint density at radius 2 is 1.90 bits per heavy atom. The van der Waals surface area contributed by atoms with Crippen molar-refractivity contribution in [2.45, 2.75) is 34.1 Å². The third-order valence-corrected chi connectivity index (χ3v) is 0.858. The second-order valence-electron chi connectivity index (χ2n) is 1.64. The zero-order valence-electron chi connectivity index (χ0n) is 7.39. The van der Waals surface area contributed by atoms with Gasteiger partial charge in [0, 0.05) is 0 Å². The monoisotopic (exact) mass is 158 g/mol. The third-order valence-electron chi connectivity index (χ3n) is 0.709. The highest BCUT2D eigenvalue weighted by Gasteiger charge is 1.68. The highest BCUT2D eigenvalue weighted by molar-refractivity contribution is 7.84. The smallest absolute Gasteiger partial charge is 0.0215 e. The van der Waals surface area contributed by atoms with Gasteiger partial charge in [-0.25, -0.2) is 0 Å². The predicted molar refractivity (Wildman–Crippen MR) is 53.5 cm³/mol. The van der Waals surface area contributed by atoms with Gasteiger partial charge in [-0.3, -0.25) is 0 Å². The van der Waals surface area contributed by atoms with Crippen LogP contribution >= 0.6 is 12.6 Å². The molecule has 60 valence electrons. The molecule has 0 aromatic rings. The minimum Gasteiger partial charge on any atom is -0.148 e. The summed E-state index contributed by atoms with van der Waals surface area (Å²) in [7, 11) is 0. The molecule has 0 amide bonds. The quantitative estimate of drug-likeness (QED) is 0.458. The van der Waals surface area contributed by atoms with Crippen LogP contribution in [0.4, 0.5) is 0 Å². The first-order chi connectivity index (χ1) is 4.77. The molecule has 0 N–H and O–H groups in total. The molecule has 0 bridgehead atoms. The number of allylic oxidation sites excluding steroid dienone is 4. The summed E-state index contributed by atoms with van der Waals surface area (Å²) in [6.07, 6.45) is 7.19. The Labute approximate surface area is 70.4 Å². The van der Waals surface area contributed by atoms with Gasteiger partial charge in [-0.1, -0.05) is 39.0 Å². The van der Waals surface area contributed by atoms with Crippen molar-refractivity contribution >= 4 is 12.6 Å². The van der Waals surface area contributed by atoms with Crippen LogP contribution in [0.25, 0.3) is 0 Å². The van der Waals surface area contributed by atoms with Gasteiger partial charge < -0.3 is 0 Å². The number of thiol groups is 1. The fourth-order valence-electron chi connectivity index (χ4n) is 0.343. The summed E-state index contributed by atoms with van der Waals surface area (Å²) < 4.78 is 0. The summed E-state index contributed by atoms with van der Waals surface area (Å²) in [4.78, 5) is 1.05. The molecule has 0 saturated carbocycles. The number of hydrogen-bond donors (Lipinski definition) is 1. The minimum absolute atomic E-state index is 1.05. The maximum Gasteiger partial charge on any atom is -0.0215 e. The van der Waals surface area contributed by atoms with Gasteiger partial charge >= 0.3 is 0 Å². The second-order valence-corrected chi connectivity index (χ2v) is 2.35. The summed E-state index contributed by atoms with van der Waals surface area (Å²) in [5, 5.41) is 0. The van der Waals surface area contributed by atoms with E-state index in [1.54, 1.807) is 0 Å². The van der Waals surface area contributed by atoms with Crippen molar-refractivity contribution in [1.29, 1.82) is 0 Å². The molecule has 0 fully saturated rings.